The molecule has 0 aliphatic heterocycles. The van der Waals surface area contributed by atoms with Crippen LogP contribution in [-0.4, -0.2) is 32.6 Å². The molecule has 0 aliphatic rings. The first kappa shape index (κ1) is 15.7. The number of nitro groups is 1. The molecule has 110 valence electrons. The van der Waals surface area contributed by atoms with Gasteiger partial charge in [0.15, 0.2) is 0 Å². The molecule has 1 aromatic rings. The monoisotopic (exact) mass is 304 g/mol. The van der Waals surface area contributed by atoms with Crippen LogP contribution in [0.5, 0.6) is 0 Å². The van der Waals surface area contributed by atoms with Crippen LogP contribution in [-0.2, 0) is 14.8 Å². The van der Waals surface area contributed by atoms with E-state index in [0.29, 0.717) is 0 Å². The van der Waals surface area contributed by atoms with Gasteiger partial charge in [-0.05, 0) is 12.1 Å². The molecule has 0 saturated heterocycles. The molecule has 0 aliphatic carbocycles. The second-order valence-electron chi connectivity index (χ2n) is 3.54. The fourth-order valence-electron chi connectivity index (χ4n) is 1.26. The van der Waals surface area contributed by atoms with Crippen LogP contribution >= 0.6 is 0 Å². The van der Waals surface area contributed by atoms with E-state index in [1.165, 1.54) is 0 Å². The molecule has 0 radical (unpaired) electrons. The summed E-state index contributed by atoms with van der Waals surface area (Å²) >= 11 is 0. The van der Waals surface area contributed by atoms with E-state index in [1.807, 2.05) is 0 Å². The van der Waals surface area contributed by atoms with Crippen molar-refractivity contribution in [3.63, 3.8) is 0 Å². The lowest BCUT2D eigenvalue weighted by molar-refractivity contribution is -0.384. The number of hydrogen-bond donors (Lipinski definition) is 3. The molecule has 0 aromatic heterocycles. The van der Waals surface area contributed by atoms with Crippen LogP contribution in [0.1, 0.15) is 0 Å². The Morgan fingerprint density at radius 2 is 2.10 bits per heavy atom. The van der Waals surface area contributed by atoms with Crippen LogP contribution in [0.2, 0.25) is 0 Å². The number of nitrogens with two attached hydrogens (primary N) is 2. The van der Waals surface area contributed by atoms with E-state index >= 15 is 0 Å². The Hall–Kier alpha value is -2.40. The molecule has 0 bridgehead atoms. The van der Waals surface area contributed by atoms with Crippen LogP contribution in [0.15, 0.2) is 23.1 Å². The number of nitrogen functional groups attached to an aromatic ring is 1. The van der Waals surface area contributed by atoms with Gasteiger partial charge in [-0.25, -0.2) is 17.9 Å². The van der Waals surface area contributed by atoms with Gasteiger partial charge >= 0.3 is 6.09 Å². The van der Waals surface area contributed by atoms with Gasteiger partial charge in [-0.2, -0.15) is 0 Å². The van der Waals surface area contributed by atoms with E-state index in [1.54, 1.807) is 0 Å². The number of nitro benzene ring substituents is 1. The second kappa shape index (κ2) is 6.16. The van der Waals surface area contributed by atoms with Crippen molar-refractivity contribution in [1.82, 2.24) is 4.72 Å². The fourth-order valence-corrected chi connectivity index (χ4v) is 2.29. The number of rotatable bonds is 6. The van der Waals surface area contributed by atoms with Crippen molar-refractivity contribution in [2.24, 2.45) is 5.73 Å². The van der Waals surface area contributed by atoms with Crippen molar-refractivity contribution in [2.75, 3.05) is 18.9 Å². The number of carbonyl (C=O) groups excluding carboxylic acids is 1. The van der Waals surface area contributed by atoms with E-state index < -0.39 is 26.7 Å². The van der Waals surface area contributed by atoms with Crippen LogP contribution < -0.4 is 16.2 Å². The zero-order valence-corrected chi connectivity index (χ0v) is 10.9. The largest absolute Gasteiger partial charge is 0.448 e. The van der Waals surface area contributed by atoms with E-state index in [-0.39, 0.29) is 23.7 Å². The highest BCUT2D eigenvalue weighted by Gasteiger charge is 2.19. The lowest BCUT2D eigenvalue weighted by Crippen LogP contribution is -2.29. The third-order valence-electron chi connectivity index (χ3n) is 2.15. The number of carbonyl (C=O) groups is 1. The maximum atomic E-state index is 11.8. The Morgan fingerprint density at radius 1 is 1.45 bits per heavy atom. The topological polar surface area (TPSA) is 168 Å². The van der Waals surface area contributed by atoms with Crippen molar-refractivity contribution in [1.29, 1.82) is 0 Å². The molecule has 0 heterocycles. The minimum atomic E-state index is -3.97. The molecular weight excluding hydrogens is 292 g/mol. The van der Waals surface area contributed by atoms with Gasteiger partial charge in [0.25, 0.3) is 5.69 Å². The number of anilines is 1. The van der Waals surface area contributed by atoms with E-state index in [2.05, 4.69) is 9.46 Å². The van der Waals surface area contributed by atoms with E-state index in [4.69, 9.17) is 11.5 Å². The van der Waals surface area contributed by atoms with Gasteiger partial charge in [0.1, 0.15) is 12.3 Å². The Kier molecular flexibility index (Phi) is 4.83. The van der Waals surface area contributed by atoms with E-state index in [0.717, 1.165) is 18.2 Å². The number of nitrogens with zero attached hydrogens (tertiary/aromatic N) is 1. The Bertz CT molecular complexity index is 629. The lowest BCUT2D eigenvalue weighted by atomic mass is 10.3. The molecule has 0 saturated carbocycles. The highest BCUT2D eigenvalue weighted by Crippen LogP contribution is 2.24. The van der Waals surface area contributed by atoms with Gasteiger partial charge in [0.2, 0.25) is 10.0 Å². The van der Waals surface area contributed by atoms with Gasteiger partial charge in [-0.15, -0.1) is 0 Å². The Morgan fingerprint density at radius 3 is 2.65 bits per heavy atom. The molecular formula is C9H12N4O6S. The molecule has 0 fully saturated rings. The first-order valence-corrected chi connectivity index (χ1v) is 6.68. The molecule has 10 nitrogen and oxygen atoms in total. The molecule has 0 unspecified atom stereocenters. The van der Waals surface area contributed by atoms with Crippen molar-refractivity contribution in [3.05, 3.63) is 28.3 Å². The summed E-state index contributed by atoms with van der Waals surface area (Å²) in [5.74, 6) is 0. The summed E-state index contributed by atoms with van der Waals surface area (Å²) in [4.78, 5) is 19.9. The van der Waals surface area contributed by atoms with Crippen molar-refractivity contribution < 1.29 is 22.9 Å². The normalized spacial score (nSPS) is 11.0. The first-order chi connectivity index (χ1) is 9.24. The summed E-state index contributed by atoms with van der Waals surface area (Å²) in [6, 6.07) is 3.08. The summed E-state index contributed by atoms with van der Waals surface area (Å²) < 4.78 is 30.1. The molecule has 0 spiro atoms. The maximum absolute atomic E-state index is 11.8. The smallest absolute Gasteiger partial charge is 0.404 e. The Balaban J connectivity index is 2.85. The third-order valence-corrected chi connectivity index (χ3v) is 3.61. The lowest BCUT2D eigenvalue weighted by Gasteiger charge is -2.07. The number of sulfonamides is 1. The average molecular weight is 304 g/mol. The molecule has 11 heteroatoms. The first-order valence-electron chi connectivity index (χ1n) is 5.20. The zero-order valence-electron chi connectivity index (χ0n) is 10.1. The van der Waals surface area contributed by atoms with Crippen LogP contribution in [0.25, 0.3) is 0 Å². The predicted octanol–water partition coefficient (Wildman–Crippen LogP) is -0.449. The molecule has 1 amide bonds. The number of hydrogen-bond acceptors (Lipinski definition) is 7. The molecule has 0 atom stereocenters. The Labute approximate surface area is 113 Å². The summed E-state index contributed by atoms with van der Waals surface area (Å²) in [6.45, 7) is -0.477. The van der Waals surface area contributed by atoms with Crippen molar-refractivity contribution >= 4 is 27.5 Å². The van der Waals surface area contributed by atoms with Crippen molar-refractivity contribution in [2.45, 2.75) is 4.90 Å². The minimum absolute atomic E-state index is 0.147. The van der Waals surface area contributed by atoms with Gasteiger partial charge in [0, 0.05) is 12.6 Å². The fraction of sp³-hybridized carbons (Fsp3) is 0.222. The standard InChI is InChI=1S/C9H12N4O6S/c10-7-2-1-6(5-8(7)13(15)16)20(17,18)12-3-4-19-9(11)14/h1-2,5,12H,3-4,10H2,(H2,11,14). The highest BCUT2D eigenvalue weighted by atomic mass is 32.2. The van der Waals surface area contributed by atoms with E-state index in [9.17, 15) is 23.3 Å². The van der Waals surface area contributed by atoms with Gasteiger partial charge in [-0.1, -0.05) is 0 Å². The summed E-state index contributed by atoms with van der Waals surface area (Å²) in [5.41, 5.74) is 9.40. The van der Waals surface area contributed by atoms with Crippen LogP contribution in [0.4, 0.5) is 16.2 Å². The third kappa shape index (κ3) is 4.07. The highest BCUT2D eigenvalue weighted by molar-refractivity contribution is 7.89. The molecule has 20 heavy (non-hydrogen) atoms. The number of primary amides is 1. The van der Waals surface area contributed by atoms with Gasteiger partial charge in [0.05, 0.1) is 9.82 Å². The number of benzene rings is 1. The number of ether oxygens (including phenoxy) is 1. The summed E-state index contributed by atoms with van der Waals surface area (Å²) in [7, 11) is -3.97. The van der Waals surface area contributed by atoms with Crippen LogP contribution in [0, 0.1) is 10.1 Å². The van der Waals surface area contributed by atoms with Crippen LogP contribution in [0.3, 0.4) is 0 Å². The predicted molar refractivity (Wildman–Crippen MR) is 68.2 cm³/mol. The summed E-state index contributed by atoms with van der Waals surface area (Å²) in [6.07, 6.45) is -1.03. The second-order valence-corrected chi connectivity index (χ2v) is 5.31. The quantitative estimate of drug-likeness (QED) is 0.277. The summed E-state index contributed by atoms with van der Waals surface area (Å²) in [5, 5.41) is 10.7. The number of nitrogens with one attached hydrogen (secondary N) is 1. The van der Waals surface area contributed by atoms with Gasteiger partial charge in [-0.3, -0.25) is 10.1 Å². The van der Waals surface area contributed by atoms with Crippen molar-refractivity contribution in [3.8, 4) is 0 Å². The average Bonchev–Trinajstić information content (AvgIpc) is 2.34. The zero-order chi connectivity index (χ0) is 15.3. The molecule has 5 N–H and O–H groups in total. The maximum Gasteiger partial charge on any atom is 0.404 e. The molecule has 1 aromatic carbocycles. The minimum Gasteiger partial charge on any atom is -0.448 e. The number of amides is 1. The van der Waals surface area contributed by atoms with Gasteiger partial charge < -0.3 is 16.2 Å². The SMILES string of the molecule is NC(=O)OCCNS(=O)(=O)c1ccc(N)c([N+](=O)[O-])c1. The molecule has 1 rings (SSSR count).